The number of ether oxygens (including phenoxy) is 2. The van der Waals surface area contributed by atoms with Crippen molar-refractivity contribution in [2.24, 2.45) is 5.92 Å². The molecule has 1 aromatic rings. The molecule has 36 heavy (non-hydrogen) atoms. The number of amides is 2. The van der Waals surface area contributed by atoms with Crippen molar-refractivity contribution in [2.75, 3.05) is 46.1 Å². The Labute approximate surface area is 213 Å². The number of benzene rings is 1. The highest BCUT2D eigenvalue weighted by molar-refractivity contribution is 5.78. The number of likely N-dealkylation sites (tertiary alicyclic amines) is 1. The molecule has 2 aliphatic heterocycles. The van der Waals surface area contributed by atoms with Gasteiger partial charge in [-0.05, 0) is 43.9 Å². The zero-order chi connectivity index (χ0) is 26.2. The maximum atomic E-state index is 13.2. The number of nitrogens with zero attached hydrogens (tertiary/aromatic N) is 3. The van der Waals surface area contributed by atoms with Gasteiger partial charge in [-0.1, -0.05) is 19.9 Å². The molecule has 2 amide bonds. The predicted molar refractivity (Wildman–Crippen MR) is 133 cm³/mol. The molecule has 10 nitrogen and oxygen atoms in total. The Morgan fingerprint density at radius 1 is 1.11 bits per heavy atom. The Balaban J connectivity index is 1.88. The van der Waals surface area contributed by atoms with Gasteiger partial charge in [0.2, 0.25) is 12.7 Å². The number of fused-ring (bicyclic) bond motifs is 1. The summed E-state index contributed by atoms with van der Waals surface area (Å²) in [6, 6.07) is 5.09. The van der Waals surface area contributed by atoms with Crippen molar-refractivity contribution in [1.29, 1.82) is 0 Å². The maximum absolute atomic E-state index is 13.2. The quantitative estimate of drug-likeness (QED) is 0.408. The van der Waals surface area contributed by atoms with Crippen molar-refractivity contribution in [2.45, 2.75) is 58.9 Å². The van der Waals surface area contributed by atoms with E-state index in [9.17, 15) is 19.5 Å². The lowest BCUT2D eigenvalue weighted by Gasteiger charge is -2.30. The van der Waals surface area contributed by atoms with Gasteiger partial charge in [0.1, 0.15) is 0 Å². The zero-order valence-electron chi connectivity index (χ0n) is 21.8. The lowest BCUT2D eigenvalue weighted by atomic mass is 9.84. The van der Waals surface area contributed by atoms with E-state index in [2.05, 4.69) is 0 Å². The standard InChI is InChI=1S/C26H39N3O7/c1-5-11-29(36-13-6-2)24(31)16-28-15-20(19-8-9-22-23(14-19)35-17-34-22)25(26(32)33)21(28)10-12-27(7-3)18(4)30/h8-9,14,20-21,25H,5-7,10-13,15-17H2,1-4H3,(H,32,33). The highest BCUT2D eigenvalue weighted by Crippen LogP contribution is 2.42. The van der Waals surface area contributed by atoms with Crippen LogP contribution in [0.1, 0.15) is 58.4 Å². The van der Waals surface area contributed by atoms with E-state index >= 15 is 0 Å². The van der Waals surface area contributed by atoms with Crippen molar-refractivity contribution in [3.05, 3.63) is 23.8 Å². The smallest absolute Gasteiger partial charge is 0.308 e. The van der Waals surface area contributed by atoms with Gasteiger partial charge in [0.15, 0.2) is 11.5 Å². The third-order valence-electron chi connectivity index (χ3n) is 6.87. The average molecular weight is 506 g/mol. The molecule has 3 unspecified atom stereocenters. The molecule has 2 heterocycles. The van der Waals surface area contributed by atoms with Crippen molar-refractivity contribution in [1.82, 2.24) is 14.9 Å². The van der Waals surface area contributed by atoms with Gasteiger partial charge in [0.25, 0.3) is 5.91 Å². The lowest BCUT2D eigenvalue weighted by molar-refractivity contribution is -0.188. The van der Waals surface area contributed by atoms with Crippen LogP contribution in [-0.2, 0) is 19.2 Å². The molecule has 0 radical (unpaired) electrons. The Hall–Kier alpha value is -2.85. The van der Waals surface area contributed by atoms with Crippen LogP contribution < -0.4 is 9.47 Å². The van der Waals surface area contributed by atoms with Crippen LogP contribution in [0.15, 0.2) is 18.2 Å². The summed E-state index contributed by atoms with van der Waals surface area (Å²) in [6.07, 6.45) is 1.98. The first-order valence-corrected chi connectivity index (χ1v) is 12.9. The average Bonchev–Trinajstić information content (AvgIpc) is 3.46. The Morgan fingerprint density at radius 3 is 2.50 bits per heavy atom. The van der Waals surface area contributed by atoms with E-state index in [1.165, 1.54) is 12.0 Å². The summed E-state index contributed by atoms with van der Waals surface area (Å²) in [4.78, 5) is 47.2. The first-order chi connectivity index (χ1) is 17.3. The van der Waals surface area contributed by atoms with Crippen LogP contribution in [0.2, 0.25) is 0 Å². The molecular weight excluding hydrogens is 466 g/mol. The van der Waals surface area contributed by atoms with E-state index < -0.39 is 17.9 Å². The van der Waals surface area contributed by atoms with Crippen LogP contribution in [0.5, 0.6) is 11.5 Å². The van der Waals surface area contributed by atoms with Gasteiger partial charge < -0.3 is 19.5 Å². The molecule has 0 bridgehead atoms. The number of hydroxylamine groups is 2. The van der Waals surface area contributed by atoms with Crippen molar-refractivity contribution in [3.63, 3.8) is 0 Å². The Morgan fingerprint density at radius 2 is 1.86 bits per heavy atom. The molecule has 3 atom stereocenters. The number of carboxylic acid groups (broad SMARTS) is 1. The van der Waals surface area contributed by atoms with Gasteiger partial charge in [-0.15, -0.1) is 0 Å². The number of hydrogen-bond donors (Lipinski definition) is 1. The molecule has 1 saturated heterocycles. The largest absolute Gasteiger partial charge is 0.481 e. The van der Waals surface area contributed by atoms with E-state index in [1.807, 2.05) is 37.8 Å². The van der Waals surface area contributed by atoms with Crippen LogP contribution in [0.3, 0.4) is 0 Å². The van der Waals surface area contributed by atoms with Crippen LogP contribution in [-0.4, -0.2) is 89.9 Å². The van der Waals surface area contributed by atoms with Crippen molar-refractivity contribution < 1.29 is 33.8 Å². The Bertz CT molecular complexity index is 925. The van der Waals surface area contributed by atoms with Crippen LogP contribution >= 0.6 is 0 Å². The van der Waals surface area contributed by atoms with E-state index in [0.29, 0.717) is 50.7 Å². The lowest BCUT2D eigenvalue weighted by Crippen LogP contribution is -2.45. The summed E-state index contributed by atoms with van der Waals surface area (Å²) in [6.45, 7) is 9.82. The minimum Gasteiger partial charge on any atom is -0.481 e. The topological polar surface area (TPSA) is 109 Å². The monoisotopic (exact) mass is 505 g/mol. The second-order valence-corrected chi connectivity index (χ2v) is 9.30. The number of hydrogen-bond acceptors (Lipinski definition) is 7. The molecule has 0 saturated carbocycles. The molecule has 0 aliphatic carbocycles. The summed E-state index contributed by atoms with van der Waals surface area (Å²) in [5.74, 6) is -1.03. The molecular formula is C26H39N3O7. The molecule has 10 heteroatoms. The summed E-state index contributed by atoms with van der Waals surface area (Å²) in [5.41, 5.74) is 0.832. The first-order valence-electron chi connectivity index (χ1n) is 12.9. The minimum absolute atomic E-state index is 0.0470. The number of carboxylic acids is 1. The normalized spacial score (nSPS) is 20.9. The fourth-order valence-corrected chi connectivity index (χ4v) is 5.08. The highest BCUT2D eigenvalue weighted by Gasteiger charge is 2.47. The molecule has 0 spiro atoms. The molecule has 0 aromatic heterocycles. The minimum atomic E-state index is -0.920. The number of carbonyl (C=O) groups is 3. The summed E-state index contributed by atoms with van der Waals surface area (Å²) in [7, 11) is 0. The number of carbonyl (C=O) groups excluding carboxylic acids is 2. The van der Waals surface area contributed by atoms with Crippen LogP contribution in [0.25, 0.3) is 0 Å². The molecule has 1 N–H and O–H groups in total. The van der Waals surface area contributed by atoms with E-state index in [4.69, 9.17) is 14.3 Å². The molecule has 200 valence electrons. The third-order valence-corrected chi connectivity index (χ3v) is 6.87. The maximum Gasteiger partial charge on any atom is 0.308 e. The Kier molecular flexibility index (Phi) is 9.95. The zero-order valence-corrected chi connectivity index (χ0v) is 21.8. The number of rotatable bonds is 13. The number of aliphatic carboxylic acids is 1. The van der Waals surface area contributed by atoms with Crippen LogP contribution in [0.4, 0.5) is 0 Å². The second kappa shape index (κ2) is 12.9. The summed E-state index contributed by atoms with van der Waals surface area (Å²) >= 11 is 0. The van der Waals surface area contributed by atoms with E-state index in [-0.39, 0.29) is 31.1 Å². The van der Waals surface area contributed by atoms with Crippen LogP contribution in [0, 0.1) is 5.92 Å². The molecule has 2 aliphatic rings. The van der Waals surface area contributed by atoms with Crippen molar-refractivity contribution in [3.8, 4) is 11.5 Å². The molecule has 3 rings (SSSR count). The van der Waals surface area contributed by atoms with E-state index in [1.54, 1.807) is 11.0 Å². The van der Waals surface area contributed by atoms with Gasteiger partial charge in [0.05, 0.1) is 19.1 Å². The highest BCUT2D eigenvalue weighted by atomic mass is 16.7. The van der Waals surface area contributed by atoms with Gasteiger partial charge >= 0.3 is 5.97 Å². The molecule has 1 fully saturated rings. The van der Waals surface area contributed by atoms with Gasteiger partial charge in [-0.3, -0.25) is 24.1 Å². The van der Waals surface area contributed by atoms with Gasteiger partial charge in [-0.2, -0.15) is 0 Å². The first kappa shape index (κ1) is 27.7. The summed E-state index contributed by atoms with van der Waals surface area (Å²) in [5, 5.41) is 11.7. The summed E-state index contributed by atoms with van der Waals surface area (Å²) < 4.78 is 10.9. The SMILES string of the molecule is CCCON(CCC)C(=O)CN1CC(c2ccc3c(c2)OCO3)C(C(=O)O)C1CCN(CC)C(C)=O. The second-order valence-electron chi connectivity index (χ2n) is 9.30. The predicted octanol–water partition coefficient (Wildman–Crippen LogP) is 2.72. The fraction of sp³-hybridized carbons (Fsp3) is 0.654. The van der Waals surface area contributed by atoms with E-state index in [0.717, 1.165) is 18.4 Å². The van der Waals surface area contributed by atoms with Gasteiger partial charge in [0, 0.05) is 45.1 Å². The van der Waals surface area contributed by atoms with Gasteiger partial charge in [-0.25, -0.2) is 5.06 Å². The third kappa shape index (κ3) is 6.47. The van der Waals surface area contributed by atoms with Crippen molar-refractivity contribution >= 4 is 17.8 Å². The fourth-order valence-electron chi connectivity index (χ4n) is 5.08. The molecule has 1 aromatic carbocycles.